The zero-order valence-electron chi connectivity index (χ0n) is 26.0. The Balaban J connectivity index is 1.29. The third-order valence-electron chi connectivity index (χ3n) is 9.47. The lowest BCUT2D eigenvalue weighted by molar-refractivity contribution is -0.134. The van der Waals surface area contributed by atoms with Crippen LogP contribution in [0.5, 0.6) is 0 Å². The second kappa shape index (κ2) is 14.3. The van der Waals surface area contributed by atoms with Crippen molar-refractivity contribution in [1.82, 2.24) is 15.5 Å². The number of morpholine rings is 1. The van der Waals surface area contributed by atoms with Crippen molar-refractivity contribution in [1.29, 1.82) is 0 Å². The van der Waals surface area contributed by atoms with Crippen LogP contribution < -0.4 is 16.0 Å². The van der Waals surface area contributed by atoms with Crippen molar-refractivity contribution in [2.75, 3.05) is 44.8 Å². The zero-order valence-corrected chi connectivity index (χ0v) is 26.0. The van der Waals surface area contributed by atoms with Crippen LogP contribution in [-0.2, 0) is 46.3 Å². The van der Waals surface area contributed by atoms with Crippen molar-refractivity contribution in [2.45, 2.75) is 89.3 Å². The molecule has 3 amide bonds. The van der Waals surface area contributed by atoms with Crippen LogP contribution in [0, 0.1) is 11.8 Å². The predicted molar refractivity (Wildman–Crippen MR) is 163 cm³/mol. The molecule has 44 heavy (non-hydrogen) atoms. The van der Waals surface area contributed by atoms with Gasteiger partial charge in [-0.15, -0.1) is 0 Å². The van der Waals surface area contributed by atoms with Gasteiger partial charge in [-0.05, 0) is 56.2 Å². The summed E-state index contributed by atoms with van der Waals surface area (Å²) < 4.78 is 10.8. The SMILES string of the molecule is CC(NC(=O)CN1CCOCC1)C(=O)CC(Cc1ccc2c(c1)CCC(=O)N2)C(=O)NC(CC1CCCC1)C(=O)C1(C)CO1. The largest absolute Gasteiger partial charge is 0.379 e. The fourth-order valence-corrected chi connectivity index (χ4v) is 6.57. The Bertz CT molecular complexity index is 1250. The summed E-state index contributed by atoms with van der Waals surface area (Å²) in [6, 6.07) is 4.23. The van der Waals surface area contributed by atoms with E-state index in [9.17, 15) is 24.0 Å². The number of nitrogens with one attached hydrogen (secondary N) is 3. The number of ketones is 2. The quantitative estimate of drug-likeness (QED) is 0.271. The number of carbonyl (C=O) groups is 5. The van der Waals surface area contributed by atoms with Gasteiger partial charge in [0.25, 0.3) is 0 Å². The highest BCUT2D eigenvalue weighted by Crippen LogP contribution is 2.34. The third-order valence-corrected chi connectivity index (χ3v) is 9.47. The minimum absolute atomic E-state index is 0.0240. The molecule has 2 saturated heterocycles. The molecule has 4 unspecified atom stereocenters. The van der Waals surface area contributed by atoms with Gasteiger partial charge in [-0.2, -0.15) is 0 Å². The van der Waals surface area contributed by atoms with E-state index in [2.05, 4.69) is 16.0 Å². The maximum atomic E-state index is 13.9. The Kier molecular flexibility index (Phi) is 10.5. The highest BCUT2D eigenvalue weighted by atomic mass is 16.6. The van der Waals surface area contributed by atoms with E-state index in [0.29, 0.717) is 58.1 Å². The van der Waals surface area contributed by atoms with Gasteiger partial charge in [0.05, 0.1) is 38.4 Å². The number of amides is 3. The van der Waals surface area contributed by atoms with E-state index in [1.807, 2.05) is 23.1 Å². The van der Waals surface area contributed by atoms with Gasteiger partial charge in [0.1, 0.15) is 5.60 Å². The van der Waals surface area contributed by atoms with Gasteiger partial charge in [0.15, 0.2) is 11.6 Å². The Labute approximate surface area is 259 Å². The number of aryl methyl sites for hydroxylation is 1. The molecule has 11 nitrogen and oxygen atoms in total. The summed E-state index contributed by atoms with van der Waals surface area (Å²) in [6.07, 6.45) is 6.08. The molecule has 1 saturated carbocycles. The molecule has 4 aliphatic rings. The molecular formula is C33H46N4O7. The number of epoxide rings is 1. The molecule has 5 rings (SSSR count). The smallest absolute Gasteiger partial charge is 0.234 e. The Morgan fingerprint density at radius 1 is 1.09 bits per heavy atom. The first kappa shape index (κ1) is 32.2. The second-order valence-corrected chi connectivity index (χ2v) is 13.1. The van der Waals surface area contributed by atoms with Crippen LogP contribution in [0.3, 0.4) is 0 Å². The van der Waals surface area contributed by atoms with Crippen molar-refractivity contribution in [3.63, 3.8) is 0 Å². The number of carbonyl (C=O) groups excluding carboxylic acids is 5. The summed E-state index contributed by atoms with van der Waals surface area (Å²) in [5.41, 5.74) is 1.75. The Morgan fingerprint density at radius 2 is 1.82 bits per heavy atom. The number of hydrogen-bond acceptors (Lipinski definition) is 8. The zero-order chi connectivity index (χ0) is 31.3. The van der Waals surface area contributed by atoms with Crippen molar-refractivity contribution < 1.29 is 33.4 Å². The molecule has 3 fully saturated rings. The molecular weight excluding hydrogens is 564 g/mol. The minimum Gasteiger partial charge on any atom is -0.379 e. The lowest BCUT2D eigenvalue weighted by Gasteiger charge is -2.27. The number of benzene rings is 1. The first-order valence-electron chi connectivity index (χ1n) is 16.1. The Morgan fingerprint density at radius 3 is 2.52 bits per heavy atom. The normalized spacial score (nSPS) is 24.0. The molecule has 1 aromatic carbocycles. The molecule has 0 bridgehead atoms. The summed E-state index contributed by atoms with van der Waals surface area (Å²) in [4.78, 5) is 67.3. The number of anilines is 1. The van der Waals surface area contributed by atoms with Gasteiger partial charge in [-0.3, -0.25) is 28.9 Å². The van der Waals surface area contributed by atoms with Crippen LogP contribution >= 0.6 is 0 Å². The molecule has 1 aromatic rings. The third kappa shape index (κ3) is 8.51. The summed E-state index contributed by atoms with van der Waals surface area (Å²) in [5, 5.41) is 8.71. The van der Waals surface area contributed by atoms with Crippen molar-refractivity contribution in [2.24, 2.45) is 11.8 Å². The molecule has 240 valence electrons. The molecule has 1 aliphatic carbocycles. The first-order chi connectivity index (χ1) is 21.1. The summed E-state index contributed by atoms with van der Waals surface area (Å²) in [5.74, 6) is -1.36. The first-order valence-corrected chi connectivity index (χ1v) is 16.1. The molecule has 0 aromatic heterocycles. The van der Waals surface area contributed by atoms with Crippen molar-refractivity contribution in [3.8, 4) is 0 Å². The van der Waals surface area contributed by atoms with Crippen LogP contribution in [0.4, 0.5) is 5.69 Å². The van der Waals surface area contributed by atoms with E-state index in [0.717, 1.165) is 42.5 Å². The molecule has 4 atom stereocenters. The minimum atomic E-state index is -0.871. The highest BCUT2D eigenvalue weighted by molar-refractivity contribution is 5.98. The van der Waals surface area contributed by atoms with E-state index in [1.54, 1.807) is 13.8 Å². The van der Waals surface area contributed by atoms with Gasteiger partial charge in [-0.1, -0.05) is 37.8 Å². The van der Waals surface area contributed by atoms with Gasteiger partial charge in [-0.25, -0.2) is 0 Å². The molecule has 0 radical (unpaired) electrons. The topological polar surface area (TPSA) is 146 Å². The fraction of sp³-hybridized carbons (Fsp3) is 0.667. The van der Waals surface area contributed by atoms with E-state index >= 15 is 0 Å². The lowest BCUT2D eigenvalue weighted by atomic mass is 9.87. The molecule has 3 heterocycles. The molecule has 3 aliphatic heterocycles. The number of nitrogens with zero attached hydrogens (tertiary/aromatic N) is 1. The highest BCUT2D eigenvalue weighted by Gasteiger charge is 2.50. The van der Waals surface area contributed by atoms with Gasteiger partial charge in [0.2, 0.25) is 17.7 Å². The number of Topliss-reactive ketones (excluding diaryl/α,β-unsaturated/α-hetero) is 2. The van der Waals surface area contributed by atoms with Gasteiger partial charge >= 0.3 is 0 Å². The number of fused-ring (bicyclic) bond motifs is 1. The van der Waals surface area contributed by atoms with E-state index in [4.69, 9.17) is 9.47 Å². The number of ether oxygens (including phenoxy) is 2. The van der Waals surface area contributed by atoms with Gasteiger partial charge < -0.3 is 25.4 Å². The number of hydrogen-bond donors (Lipinski definition) is 3. The van der Waals surface area contributed by atoms with Crippen molar-refractivity contribution >= 4 is 35.0 Å². The number of rotatable bonds is 14. The van der Waals surface area contributed by atoms with Gasteiger partial charge in [0, 0.05) is 37.5 Å². The predicted octanol–water partition coefficient (Wildman–Crippen LogP) is 1.95. The molecule has 11 heteroatoms. The average Bonchev–Trinajstić information content (AvgIpc) is 3.54. The van der Waals surface area contributed by atoms with E-state index in [-0.39, 0.29) is 48.7 Å². The second-order valence-electron chi connectivity index (χ2n) is 13.1. The van der Waals surface area contributed by atoms with Crippen LogP contribution in [0.1, 0.15) is 69.9 Å². The molecule has 0 spiro atoms. The monoisotopic (exact) mass is 610 g/mol. The summed E-state index contributed by atoms with van der Waals surface area (Å²) in [7, 11) is 0. The maximum Gasteiger partial charge on any atom is 0.234 e. The van der Waals surface area contributed by atoms with Crippen LogP contribution in [0.2, 0.25) is 0 Å². The van der Waals surface area contributed by atoms with Crippen LogP contribution in [0.25, 0.3) is 0 Å². The van der Waals surface area contributed by atoms with Crippen LogP contribution in [0.15, 0.2) is 18.2 Å². The summed E-state index contributed by atoms with van der Waals surface area (Å²) >= 11 is 0. The maximum absolute atomic E-state index is 13.9. The fourth-order valence-electron chi connectivity index (χ4n) is 6.57. The van der Waals surface area contributed by atoms with Crippen molar-refractivity contribution in [3.05, 3.63) is 29.3 Å². The summed E-state index contributed by atoms with van der Waals surface area (Å²) in [6.45, 7) is 6.40. The van der Waals surface area contributed by atoms with Crippen LogP contribution in [-0.4, -0.2) is 91.3 Å². The van der Waals surface area contributed by atoms with E-state index in [1.165, 1.54) is 0 Å². The standard InChI is InChI=1S/C33H46N4O7/c1-21(34-30(40)19-37-11-13-43-14-12-37)28(38)18-25(16-23-7-9-26-24(15-23)8-10-29(39)35-26)32(42)36-27(17-22-5-3-4-6-22)31(41)33(2)20-44-33/h7,9,15,21-22,25,27H,3-6,8,10-14,16-20H2,1-2H3,(H,34,40)(H,35,39)(H,36,42). The average molecular weight is 611 g/mol. The molecule has 3 N–H and O–H groups in total. The lowest BCUT2D eigenvalue weighted by Crippen LogP contribution is -2.50. The Hall–Kier alpha value is -3.15. The van der Waals surface area contributed by atoms with E-state index < -0.39 is 23.6 Å².